The number of nitrogens with zero attached hydrogens (tertiary/aromatic N) is 2. The largest absolute Gasteiger partial charge is 0.366 e. The predicted molar refractivity (Wildman–Crippen MR) is 45.7 cm³/mol. The number of halogens is 2. The molecule has 1 N–H and O–H groups in total. The second kappa shape index (κ2) is 4.11. The summed E-state index contributed by atoms with van der Waals surface area (Å²) >= 11 is 0. The van der Waals surface area contributed by atoms with Crippen molar-refractivity contribution in [1.29, 1.82) is 0 Å². The molecule has 1 aromatic heterocycles. The van der Waals surface area contributed by atoms with Gasteiger partial charge in [-0.25, -0.2) is 18.7 Å². The number of aromatic nitrogens is 2. The van der Waals surface area contributed by atoms with Gasteiger partial charge in [-0.1, -0.05) is 0 Å². The van der Waals surface area contributed by atoms with Crippen molar-refractivity contribution in [3.05, 3.63) is 18.1 Å². The van der Waals surface area contributed by atoms with Crippen LogP contribution in [-0.2, 0) is 0 Å². The molecule has 0 amide bonds. The fourth-order valence-corrected chi connectivity index (χ4v) is 0.893. The topological polar surface area (TPSA) is 37.8 Å². The molecule has 0 aliphatic heterocycles. The van der Waals surface area contributed by atoms with E-state index in [0.29, 0.717) is 0 Å². The second-order valence-corrected chi connectivity index (χ2v) is 2.89. The molecule has 1 heterocycles. The highest BCUT2D eigenvalue weighted by Gasteiger charge is 2.15. The molecule has 0 saturated heterocycles. The molecule has 0 aromatic carbocycles. The summed E-state index contributed by atoms with van der Waals surface area (Å²) in [6.45, 7) is 3.70. The average molecular weight is 187 g/mol. The van der Waals surface area contributed by atoms with Gasteiger partial charge in [-0.3, -0.25) is 0 Å². The first-order valence-corrected chi connectivity index (χ1v) is 3.97. The molecule has 72 valence electrons. The van der Waals surface area contributed by atoms with Gasteiger partial charge in [0.05, 0.1) is 0 Å². The molecule has 3 nitrogen and oxygen atoms in total. The van der Waals surface area contributed by atoms with Gasteiger partial charge >= 0.3 is 0 Å². The summed E-state index contributed by atoms with van der Waals surface area (Å²) in [6, 6.07) is 0.0641. The summed E-state index contributed by atoms with van der Waals surface area (Å²) in [4.78, 5) is 7.34. The van der Waals surface area contributed by atoms with Gasteiger partial charge in [0.1, 0.15) is 5.69 Å². The van der Waals surface area contributed by atoms with Gasteiger partial charge in [-0.2, -0.15) is 0 Å². The van der Waals surface area contributed by atoms with Crippen LogP contribution in [0.3, 0.4) is 0 Å². The van der Waals surface area contributed by atoms with Crippen LogP contribution in [-0.4, -0.2) is 16.0 Å². The van der Waals surface area contributed by atoms with Crippen molar-refractivity contribution < 1.29 is 8.78 Å². The Morgan fingerprint density at radius 1 is 1.23 bits per heavy atom. The molecule has 0 bridgehead atoms. The van der Waals surface area contributed by atoms with Gasteiger partial charge in [-0.15, -0.1) is 0 Å². The lowest BCUT2D eigenvalue weighted by atomic mass is 10.3. The van der Waals surface area contributed by atoms with Crippen molar-refractivity contribution in [2.45, 2.75) is 26.3 Å². The highest BCUT2D eigenvalue weighted by Crippen LogP contribution is 2.22. The summed E-state index contributed by atoms with van der Waals surface area (Å²) in [5.74, 6) is 0.160. The number of alkyl halides is 2. The van der Waals surface area contributed by atoms with E-state index < -0.39 is 6.43 Å². The molecule has 0 aliphatic carbocycles. The van der Waals surface area contributed by atoms with Crippen LogP contribution >= 0.6 is 0 Å². The Morgan fingerprint density at radius 3 is 2.38 bits per heavy atom. The average Bonchev–Trinajstić information content (AvgIpc) is 2.03. The molecule has 0 aliphatic rings. The quantitative estimate of drug-likeness (QED) is 0.788. The zero-order valence-corrected chi connectivity index (χ0v) is 7.46. The van der Waals surface area contributed by atoms with Gasteiger partial charge in [0.15, 0.2) is 5.82 Å². The van der Waals surface area contributed by atoms with Crippen LogP contribution < -0.4 is 5.32 Å². The van der Waals surface area contributed by atoms with Crippen molar-refractivity contribution >= 4 is 5.82 Å². The summed E-state index contributed by atoms with van der Waals surface area (Å²) in [6.07, 6.45) is 0.0544. The van der Waals surface area contributed by atoms with Crippen LogP contribution in [0, 0.1) is 0 Å². The van der Waals surface area contributed by atoms with Crippen LogP contribution in [0.5, 0.6) is 0 Å². The van der Waals surface area contributed by atoms with E-state index in [9.17, 15) is 8.78 Å². The third kappa shape index (κ3) is 2.61. The molecule has 0 fully saturated rings. The lowest BCUT2D eigenvalue weighted by Gasteiger charge is -2.11. The van der Waals surface area contributed by atoms with Crippen LogP contribution in [0.1, 0.15) is 26.0 Å². The third-order valence-electron chi connectivity index (χ3n) is 1.36. The molecule has 0 unspecified atom stereocenters. The number of anilines is 1. The van der Waals surface area contributed by atoms with Crippen molar-refractivity contribution in [1.82, 2.24) is 9.97 Å². The number of rotatable bonds is 3. The zero-order chi connectivity index (χ0) is 9.84. The molecule has 1 rings (SSSR count). The van der Waals surface area contributed by atoms with Crippen LogP contribution in [0.4, 0.5) is 14.6 Å². The Kier molecular flexibility index (Phi) is 3.11. The molecule has 5 heteroatoms. The molecular weight excluding hydrogens is 176 g/mol. The Morgan fingerprint density at radius 2 is 1.85 bits per heavy atom. The number of nitrogens with one attached hydrogen (secondary N) is 1. The zero-order valence-electron chi connectivity index (χ0n) is 7.46. The van der Waals surface area contributed by atoms with Gasteiger partial charge in [0, 0.05) is 18.4 Å². The Hall–Kier alpha value is -1.26. The van der Waals surface area contributed by atoms with E-state index in [-0.39, 0.29) is 17.6 Å². The maximum absolute atomic E-state index is 12.3. The monoisotopic (exact) mass is 187 g/mol. The molecule has 0 spiro atoms. The van der Waals surface area contributed by atoms with E-state index in [1.807, 2.05) is 13.8 Å². The maximum atomic E-state index is 12.3. The standard InChI is InChI=1S/C8H11F2N3/c1-5(2)13-8-6(7(9)10)11-3-4-12-8/h3-5,7H,1-2H3,(H,12,13). The van der Waals surface area contributed by atoms with E-state index >= 15 is 0 Å². The fraction of sp³-hybridized carbons (Fsp3) is 0.500. The highest BCUT2D eigenvalue weighted by atomic mass is 19.3. The number of hydrogen-bond acceptors (Lipinski definition) is 3. The van der Waals surface area contributed by atoms with E-state index in [2.05, 4.69) is 15.3 Å². The lowest BCUT2D eigenvalue weighted by Crippen LogP contribution is -2.13. The Balaban J connectivity index is 2.91. The first-order chi connectivity index (χ1) is 6.11. The minimum atomic E-state index is -2.59. The first kappa shape index (κ1) is 9.83. The van der Waals surface area contributed by atoms with Gasteiger partial charge in [-0.05, 0) is 13.8 Å². The summed E-state index contributed by atoms with van der Waals surface area (Å²) in [7, 11) is 0. The van der Waals surface area contributed by atoms with Gasteiger partial charge < -0.3 is 5.32 Å². The van der Waals surface area contributed by atoms with Crippen LogP contribution in [0.2, 0.25) is 0 Å². The van der Waals surface area contributed by atoms with Crippen LogP contribution in [0.15, 0.2) is 12.4 Å². The van der Waals surface area contributed by atoms with Crippen molar-refractivity contribution in [3.63, 3.8) is 0 Å². The summed E-state index contributed by atoms with van der Waals surface area (Å²) in [5.41, 5.74) is -0.295. The van der Waals surface area contributed by atoms with Gasteiger partial charge in [0.25, 0.3) is 6.43 Å². The lowest BCUT2D eigenvalue weighted by molar-refractivity contribution is 0.146. The van der Waals surface area contributed by atoms with E-state index in [1.54, 1.807) is 0 Å². The second-order valence-electron chi connectivity index (χ2n) is 2.89. The van der Waals surface area contributed by atoms with Gasteiger partial charge in [0.2, 0.25) is 0 Å². The Bertz CT molecular complexity index is 276. The maximum Gasteiger partial charge on any atom is 0.283 e. The fourth-order valence-electron chi connectivity index (χ4n) is 0.893. The third-order valence-corrected chi connectivity index (χ3v) is 1.36. The minimum Gasteiger partial charge on any atom is -0.366 e. The normalized spacial score (nSPS) is 10.9. The smallest absolute Gasteiger partial charge is 0.283 e. The summed E-state index contributed by atoms with van der Waals surface area (Å²) in [5, 5.41) is 2.80. The predicted octanol–water partition coefficient (Wildman–Crippen LogP) is 2.23. The van der Waals surface area contributed by atoms with E-state index in [0.717, 1.165) is 0 Å². The molecule has 0 saturated carbocycles. The van der Waals surface area contributed by atoms with Crippen molar-refractivity contribution in [3.8, 4) is 0 Å². The molecule has 0 radical (unpaired) electrons. The number of hydrogen-bond donors (Lipinski definition) is 1. The Labute approximate surface area is 75.2 Å². The minimum absolute atomic E-state index is 0.0641. The molecule has 1 aromatic rings. The van der Waals surface area contributed by atoms with Crippen molar-refractivity contribution in [2.24, 2.45) is 0 Å². The highest BCUT2D eigenvalue weighted by molar-refractivity contribution is 5.40. The van der Waals surface area contributed by atoms with E-state index in [1.165, 1.54) is 12.4 Å². The molecule has 0 atom stereocenters. The molecular formula is C8H11F2N3. The first-order valence-electron chi connectivity index (χ1n) is 3.97. The summed E-state index contributed by atoms with van der Waals surface area (Å²) < 4.78 is 24.7. The van der Waals surface area contributed by atoms with E-state index in [4.69, 9.17) is 0 Å². The molecule has 13 heavy (non-hydrogen) atoms. The SMILES string of the molecule is CC(C)Nc1nccnc1C(F)F. The van der Waals surface area contributed by atoms with Crippen molar-refractivity contribution in [2.75, 3.05) is 5.32 Å². The van der Waals surface area contributed by atoms with Crippen LogP contribution in [0.25, 0.3) is 0 Å².